The first-order chi connectivity index (χ1) is 9.43. The van der Waals surface area contributed by atoms with Crippen molar-refractivity contribution >= 4 is 5.84 Å². The summed E-state index contributed by atoms with van der Waals surface area (Å²) in [5, 5.41) is 11.1. The van der Waals surface area contributed by atoms with E-state index in [0.717, 1.165) is 25.7 Å². The van der Waals surface area contributed by atoms with Gasteiger partial charge in [0.15, 0.2) is 5.84 Å². The molecule has 0 aromatic heterocycles. The highest BCUT2D eigenvalue weighted by atomic mass is 19.4. The van der Waals surface area contributed by atoms with Crippen molar-refractivity contribution in [2.24, 2.45) is 16.8 Å². The summed E-state index contributed by atoms with van der Waals surface area (Å²) in [6.45, 7) is 0.609. The molecule has 3 unspecified atom stereocenters. The highest BCUT2D eigenvalue weighted by Crippen LogP contribution is 2.32. The second-order valence-electron chi connectivity index (χ2n) is 5.38. The van der Waals surface area contributed by atoms with Crippen LogP contribution in [0.4, 0.5) is 13.2 Å². The normalized spacial score (nSPS) is 30.9. The van der Waals surface area contributed by atoms with Gasteiger partial charge in [0.2, 0.25) is 0 Å². The number of fused-ring (bicyclic) bond motifs is 1. The van der Waals surface area contributed by atoms with E-state index in [1.165, 1.54) is 0 Å². The van der Waals surface area contributed by atoms with Crippen molar-refractivity contribution in [2.45, 2.75) is 44.0 Å². The molecule has 2 aliphatic rings. The number of alkyl halides is 3. The molecular weight excluding hydrogens is 275 g/mol. The maximum atomic E-state index is 13.0. The molecule has 1 aliphatic carbocycles. The number of nitrogens with zero attached hydrogens (tertiary/aromatic N) is 2. The summed E-state index contributed by atoms with van der Waals surface area (Å²) in [6.07, 6.45) is -0.719. The van der Waals surface area contributed by atoms with Gasteiger partial charge in [0.25, 0.3) is 0 Å². The van der Waals surface area contributed by atoms with E-state index in [-0.39, 0.29) is 18.7 Å². The van der Waals surface area contributed by atoms with E-state index in [1.807, 2.05) is 0 Å². The standard InChI is InChI=1S/C12H20F3N3O2/c13-12(14,15)8(11(16)17-19)7-18-5-6-20-10-4-2-1-3-9(10)18/h8-10,19H,1-7H2,(H2,16,17). The van der Waals surface area contributed by atoms with Crippen LogP contribution in [0.5, 0.6) is 0 Å². The molecule has 2 fully saturated rings. The Hall–Kier alpha value is -1.02. The lowest BCUT2D eigenvalue weighted by Crippen LogP contribution is -2.56. The van der Waals surface area contributed by atoms with Crippen molar-refractivity contribution in [1.82, 2.24) is 4.90 Å². The van der Waals surface area contributed by atoms with Gasteiger partial charge in [-0.3, -0.25) is 4.90 Å². The Morgan fingerprint density at radius 2 is 2.10 bits per heavy atom. The molecule has 2 rings (SSSR count). The highest BCUT2D eigenvalue weighted by molar-refractivity contribution is 5.83. The summed E-state index contributed by atoms with van der Waals surface area (Å²) >= 11 is 0. The minimum absolute atomic E-state index is 0.00819. The van der Waals surface area contributed by atoms with Crippen LogP contribution in [-0.4, -0.2) is 54.0 Å². The summed E-state index contributed by atoms with van der Waals surface area (Å²) < 4.78 is 44.7. The maximum absolute atomic E-state index is 13.0. The van der Waals surface area contributed by atoms with Crippen LogP contribution in [0.25, 0.3) is 0 Å². The molecule has 116 valence electrons. The minimum Gasteiger partial charge on any atom is -0.409 e. The third-order valence-electron chi connectivity index (χ3n) is 4.13. The Balaban J connectivity index is 2.09. The molecule has 3 N–H and O–H groups in total. The molecule has 1 heterocycles. The minimum atomic E-state index is -4.52. The summed E-state index contributed by atoms with van der Waals surface area (Å²) in [4.78, 5) is 1.78. The van der Waals surface area contributed by atoms with Crippen LogP contribution >= 0.6 is 0 Å². The molecule has 5 nitrogen and oxygen atoms in total. The molecule has 20 heavy (non-hydrogen) atoms. The van der Waals surface area contributed by atoms with Gasteiger partial charge in [-0.15, -0.1) is 0 Å². The molecular formula is C12H20F3N3O2. The van der Waals surface area contributed by atoms with E-state index in [1.54, 1.807) is 4.90 Å². The van der Waals surface area contributed by atoms with E-state index < -0.39 is 17.9 Å². The number of ether oxygens (including phenoxy) is 1. The second-order valence-corrected chi connectivity index (χ2v) is 5.38. The fraction of sp³-hybridized carbons (Fsp3) is 0.917. The second kappa shape index (κ2) is 6.17. The summed E-state index contributed by atoms with van der Waals surface area (Å²) in [5.74, 6) is -2.72. The van der Waals surface area contributed by atoms with Crippen LogP contribution in [0.2, 0.25) is 0 Å². The number of hydrogen-bond donors (Lipinski definition) is 2. The average molecular weight is 295 g/mol. The lowest BCUT2D eigenvalue weighted by Gasteiger charge is -2.44. The van der Waals surface area contributed by atoms with Crippen LogP contribution in [0.3, 0.4) is 0 Å². The highest BCUT2D eigenvalue weighted by Gasteiger charge is 2.46. The average Bonchev–Trinajstić information content (AvgIpc) is 2.42. The Labute approximate surface area is 115 Å². The summed E-state index contributed by atoms with van der Waals surface area (Å²) in [6, 6.07) is 0.00819. The van der Waals surface area contributed by atoms with E-state index in [9.17, 15) is 13.2 Å². The largest absolute Gasteiger partial charge is 0.409 e. The molecule has 8 heteroatoms. The zero-order chi connectivity index (χ0) is 14.8. The number of amidine groups is 1. The van der Waals surface area contributed by atoms with Gasteiger partial charge in [-0.25, -0.2) is 0 Å². The Kier molecular flexibility index (Phi) is 4.74. The van der Waals surface area contributed by atoms with E-state index >= 15 is 0 Å². The van der Waals surface area contributed by atoms with Gasteiger partial charge >= 0.3 is 6.18 Å². The lowest BCUT2D eigenvalue weighted by atomic mass is 9.89. The topological polar surface area (TPSA) is 71.1 Å². The van der Waals surface area contributed by atoms with Gasteiger partial charge in [-0.2, -0.15) is 13.2 Å². The summed E-state index contributed by atoms with van der Waals surface area (Å²) in [5.41, 5.74) is 5.21. The van der Waals surface area contributed by atoms with Crippen LogP contribution in [-0.2, 0) is 4.74 Å². The van der Waals surface area contributed by atoms with Gasteiger partial charge in [0, 0.05) is 19.1 Å². The number of morpholine rings is 1. The molecule has 1 aliphatic heterocycles. The van der Waals surface area contributed by atoms with Crippen LogP contribution < -0.4 is 5.73 Å². The molecule has 0 amide bonds. The monoisotopic (exact) mass is 295 g/mol. The fourth-order valence-corrected chi connectivity index (χ4v) is 3.07. The number of oxime groups is 1. The molecule has 1 saturated carbocycles. The quantitative estimate of drug-likeness (QED) is 0.359. The Morgan fingerprint density at radius 1 is 1.40 bits per heavy atom. The lowest BCUT2D eigenvalue weighted by molar-refractivity contribution is -0.170. The number of rotatable bonds is 3. The zero-order valence-electron chi connectivity index (χ0n) is 11.1. The molecule has 3 atom stereocenters. The van der Waals surface area contributed by atoms with Crippen molar-refractivity contribution in [3.05, 3.63) is 0 Å². The summed E-state index contributed by atoms with van der Waals surface area (Å²) in [7, 11) is 0. The fourth-order valence-electron chi connectivity index (χ4n) is 3.07. The third-order valence-corrected chi connectivity index (χ3v) is 4.13. The first kappa shape index (κ1) is 15.4. The van der Waals surface area contributed by atoms with E-state index in [0.29, 0.717) is 13.2 Å². The van der Waals surface area contributed by atoms with Gasteiger partial charge in [0.05, 0.1) is 12.7 Å². The number of halogens is 3. The molecule has 0 spiro atoms. The number of hydrogen-bond acceptors (Lipinski definition) is 4. The van der Waals surface area contributed by atoms with Crippen LogP contribution in [0.15, 0.2) is 5.16 Å². The maximum Gasteiger partial charge on any atom is 0.400 e. The molecule has 0 aromatic rings. The van der Waals surface area contributed by atoms with Crippen molar-refractivity contribution in [3.63, 3.8) is 0 Å². The Morgan fingerprint density at radius 3 is 2.75 bits per heavy atom. The molecule has 0 bridgehead atoms. The van der Waals surface area contributed by atoms with Gasteiger partial charge in [-0.1, -0.05) is 18.0 Å². The van der Waals surface area contributed by atoms with Crippen molar-refractivity contribution < 1.29 is 23.1 Å². The van der Waals surface area contributed by atoms with Crippen molar-refractivity contribution in [3.8, 4) is 0 Å². The predicted molar refractivity (Wildman–Crippen MR) is 66.5 cm³/mol. The Bertz CT molecular complexity index is 360. The smallest absolute Gasteiger partial charge is 0.400 e. The van der Waals surface area contributed by atoms with E-state index in [2.05, 4.69) is 5.16 Å². The van der Waals surface area contributed by atoms with Crippen LogP contribution in [0, 0.1) is 5.92 Å². The molecule has 1 saturated heterocycles. The first-order valence-corrected chi connectivity index (χ1v) is 6.83. The van der Waals surface area contributed by atoms with Crippen LogP contribution in [0.1, 0.15) is 25.7 Å². The molecule has 0 radical (unpaired) electrons. The zero-order valence-corrected chi connectivity index (χ0v) is 11.1. The molecule has 0 aromatic carbocycles. The van der Waals surface area contributed by atoms with Gasteiger partial charge < -0.3 is 15.7 Å². The third kappa shape index (κ3) is 3.35. The van der Waals surface area contributed by atoms with Gasteiger partial charge in [0.1, 0.15) is 5.92 Å². The van der Waals surface area contributed by atoms with Crippen molar-refractivity contribution in [1.29, 1.82) is 0 Å². The van der Waals surface area contributed by atoms with Crippen molar-refractivity contribution in [2.75, 3.05) is 19.7 Å². The SMILES string of the molecule is NC(=NO)C(CN1CCOC2CCCCC21)C(F)(F)F. The first-order valence-electron chi connectivity index (χ1n) is 6.83. The van der Waals surface area contributed by atoms with E-state index in [4.69, 9.17) is 15.7 Å². The predicted octanol–water partition coefficient (Wildman–Crippen LogP) is 1.55. The van der Waals surface area contributed by atoms with Gasteiger partial charge in [-0.05, 0) is 12.8 Å². The number of nitrogens with two attached hydrogens (primary N) is 1.